The van der Waals surface area contributed by atoms with Gasteiger partial charge in [-0.1, -0.05) is 26.2 Å². The Bertz CT molecular complexity index is 281. The van der Waals surface area contributed by atoms with Crippen molar-refractivity contribution >= 4 is 9.24 Å². The zero-order valence-corrected chi connectivity index (χ0v) is 8.63. The lowest BCUT2D eigenvalue weighted by molar-refractivity contribution is -0.157. The van der Waals surface area contributed by atoms with Crippen molar-refractivity contribution in [3.63, 3.8) is 0 Å². The van der Waals surface area contributed by atoms with E-state index in [0.29, 0.717) is 12.2 Å². The molecule has 0 aromatic rings. The van der Waals surface area contributed by atoms with Gasteiger partial charge in [0, 0.05) is 0 Å². The van der Waals surface area contributed by atoms with Gasteiger partial charge in [-0.3, -0.25) is 0 Å². The Hall–Kier alpha value is -0.820. The van der Waals surface area contributed by atoms with E-state index in [-0.39, 0.29) is 5.76 Å². The minimum atomic E-state index is -2.17. The Morgan fingerprint density at radius 1 is 1.69 bits per heavy atom. The molecule has 1 aliphatic rings. The van der Waals surface area contributed by atoms with Crippen molar-refractivity contribution in [1.29, 1.82) is 0 Å². The van der Waals surface area contributed by atoms with Crippen LogP contribution in [0.3, 0.4) is 0 Å². The number of hydrogen-bond donors (Lipinski definition) is 0. The largest absolute Gasteiger partial charge is 0.421 e. The lowest BCUT2D eigenvalue weighted by atomic mass is 10.1. The molecule has 0 bridgehead atoms. The lowest BCUT2D eigenvalue weighted by Crippen LogP contribution is -2.11. The van der Waals surface area contributed by atoms with Crippen molar-refractivity contribution in [2.24, 2.45) is 0 Å². The van der Waals surface area contributed by atoms with Gasteiger partial charge >= 0.3 is 5.78 Å². The highest BCUT2D eigenvalue weighted by molar-refractivity contribution is 7.18. The van der Waals surface area contributed by atoms with Crippen LogP contribution in [0.15, 0.2) is 36.3 Å². The number of alkyl halides is 1. The Kier molecular flexibility index (Phi) is 2.77. The highest BCUT2D eigenvalue weighted by atomic mass is 31.0. The van der Waals surface area contributed by atoms with Gasteiger partial charge in [-0.05, 0) is 21.2 Å². The fourth-order valence-corrected chi connectivity index (χ4v) is 1.33. The Morgan fingerprint density at radius 3 is 2.62 bits per heavy atom. The summed E-state index contributed by atoms with van der Waals surface area (Å²) >= 11 is 0. The topological polar surface area (TPSA) is 18.5 Å². The molecule has 1 saturated heterocycles. The SMILES string of the molecule is C=C/C(CC)=C1/OC(F)(P)OC1=C. The molecule has 1 rings (SSSR count). The normalized spacial score (nSPS) is 30.8. The zero-order chi connectivity index (χ0) is 10.1. The molecule has 1 heterocycles. The molecule has 0 spiro atoms. The molecule has 1 aliphatic heterocycles. The molecule has 0 amide bonds. The summed E-state index contributed by atoms with van der Waals surface area (Å²) in [5.41, 5.74) is 0.784. The monoisotopic (exact) mass is 202 g/mol. The molecule has 0 aliphatic carbocycles. The predicted molar refractivity (Wildman–Crippen MR) is 52.4 cm³/mol. The standard InChI is InChI=1S/C9H12FO2P/c1-4-7(5-2)8-6(3)11-9(10,13)12-8/h4H,1,3,5,13H2,2H3/b8-7-. The van der Waals surface area contributed by atoms with Crippen molar-refractivity contribution in [1.82, 2.24) is 0 Å². The predicted octanol–water partition coefficient (Wildman–Crippen LogP) is 2.85. The van der Waals surface area contributed by atoms with Gasteiger partial charge < -0.3 is 9.47 Å². The summed E-state index contributed by atoms with van der Waals surface area (Å²) in [7, 11) is 1.82. The number of hydrogen-bond acceptors (Lipinski definition) is 2. The van der Waals surface area contributed by atoms with Crippen LogP contribution in [0.25, 0.3) is 0 Å². The van der Waals surface area contributed by atoms with Gasteiger partial charge in [0.05, 0.1) is 0 Å². The fraction of sp³-hybridized carbons (Fsp3) is 0.333. The molecule has 13 heavy (non-hydrogen) atoms. The molecule has 72 valence electrons. The molecule has 0 aromatic carbocycles. The van der Waals surface area contributed by atoms with Gasteiger partial charge in [-0.15, -0.1) is 0 Å². The Labute approximate surface area is 79.3 Å². The second kappa shape index (κ2) is 3.51. The van der Waals surface area contributed by atoms with Gasteiger partial charge in [0.2, 0.25) is 0 Å². The summed E-state index contributed by atoms with van der Waals surface area (Å²) < 4.78 is 22.7. The van der Waals surface area contributed by atoms with E-state index in [1.54, 1.807) is 6.08 Å². The molecule has 2 unspecified atom stereocenters. The maximum Gasteiger partial charge on any atom is 0.418 e. The van der Waals surface area contributed by atoms with Crippen LogP contribution >= 0.6 is 9.24 Å². The fourth-order valence-electron chi connectivity index (χ4n) is 1.07. The summed E-state index contributed by atoms with van der Waals surface area (Å²) in [5, 5.41) is 0. The van der Waals surface area contributed by atoms with Crippen LogP contribution in [0, 0.1) is 0 Å². The summed E-state index contributed by atoms with van der Waals surface area (Å²) in [4.78, 5) is 0. The third kappa shape index (κ3) is 2.10. The zero-order valence-electron chi connectivity index (χ0n) is 7.47. The third-order valence-corrected chi connectivity index (χ3v) is 1.91. The van der Waals surface area contributed by atoms with E-state index in [2.05, 4.69) is 13.2 Å². The van der Waals surface area contributed by atoms with Crippen LogP contribution in [0.5, 0.6) is 0 Å². The number of rotatable bonds is 2. The van der Waals surface area contributed by atoms with Crippen LogP contribution in [-0.2, 0) is 9.47 Å². The first-order valence-electron chi connectivity index (χ1n) is 3.91. The minimum Gasteiger partial charge on any atom is -0.421 e. The van der Waals surface area contributed by atoms with E-state index in [1.807, 2.05) is 16.2 Å². The van der Waals surface area contributed by atoms with Crippen LogP contribution in [0.4, 0.5) is 4.39 Å². The van der Waals surface area contributed by atoms with Crippen molar-refractivity contribution in [2.75, 3.05) is 0 Å². The van der Waals surface area contributed by atoms with Gasteiger partial charge in [0.25, 0.3) is 0 Å². The number of halogens is 1. The average Bonchev–Trinajstić information content (AvgIpc) is 2.28. The second-order valence-electron chi connectivity index (χ2n) is 2.62. The molecule has 0 aromatic heterocycles. The lowest BCUT2D eigenvalue weighted by Gasteiger charge is -2.09. The summed E-state index contributed by atoms with van der Waals surface area (Å²) in [6.07, 6.45) is 2.30. The molecular weight excluding hydrogens is 190 g/mol. The first-order valence-corrected chi connectivity index (χ1v) is 4.48. The van der Waals surface area contributed by atoms with E-state index in [4.69, 9.17) is 9.47 Å². The summed E-state index contributed by atoms with van der Waals surface area (Å²) in [5.74, 6) is -1.63. The average molecular weight is 202 g/mol. The van der Waals surface area contributed by atoms with Crippen molar-refractivity contribution in [3.05, 3.63) is 36.3 Å². The van der Waals surface area contributed by atoms with Crippen LogP contribution in [0.1, 0.15) is 13.3 Å². The van der Waals surface area contributed by atoms with Gasteiger partial charge in [0.1, 0.15) is 0 Å². The van der Waals surface area contributed by atoms with Gasteiger partial charge in [0.15, 0.2) is 11.5 Å². The quantitative estimate of drug-likeness (QED) is 0.641. The van der Waals surface area contributed by atoms with Crippen molar-refractivity contribution in [3.8, 4) is 0 Å². The van der Waals surface area contributed by atoms with Crippen molar-refractivity contribution in [2.45, 2.75) is 19.1 Å². The molecule has 0 radical (unpaired) electrons. The van der Waals surface area contributed by atoms with E-state index >= 15 is 0 Å². The highest BCUT2D eigenvalue weighted by Gasteiger charge is 2.39. The molecule has 0 N–H and O–H groups in total. The van der Waals surface area contributed by atoms with Crippen LogP contribution in [0.2, 0.25) is 0 Å². The molecule has 2 nitrogen and oxygen atoms in total. The summed E-state index contributed by atoms with van der Waals surface area (Å²) in [6.45, 7) is 9.06. The van der Waals surface area contributed by atoms with Crippen LogP contribution in [-0.4, -0.2) is 5.78 Å². The van der Waals surface area contributed by atoms with Gasteiger partial charge in [-0.25, -0.2) is 0 Å². The van der Waals surface area contributed by atoms with E-state index in [0.717, 1.165) is 5.57 Å². The maximum atomic E-state index is 13.1. The van der Waals surface area contributed by atoms with Crippen LogP contribution < -0.4 is 0 Å². The first-order chi connectivity index (χ1) is 6.00. The van der Waals surface area contributed by atoms with E-state index in [1.165, 1.54) is 0 Å². The highest BCUT2D eigenvalue weighted by Crippen LogP contribution is 2.41. The van der Waals surface area contributed by atoms with E-state index in [9.17, 15) is 4.39 Å². The van der Waals surface area contributed by atoms with Gasteiger partial charge in [-0.2, -0.15) is 4.39 Å². The van der Waals surface area contributed by atoms with Crippen molar-refractivity contribution < 1.29 is 13.9 Å². The molecule has 2 atom stereocenters. The molecule has 4 heteroatoms. The molecule has 0 saturated carbocycles. The Balaban J connectivity index is 3.01. The van der Waals surface area contributed by atoms with E-state index < -0.39 is 5.78 Å². The first kappa shape index (κ1) is 10.3. The third-order valence-electron chi connectivity index (χ3n) is 1.68. The second-order valence-corrected chi connectivity index (χ2v) is 3.31. The number of allylic oxidation sites excluding steroid dienone is 2. The smallest absolute Gasteiger partial charge is 0.418 e. The maximum absolute atomic E-state index is 13.1. The minimum absolute atomic E-state index is 0.203. The Morgan fingerprint density at radius 2 is 2.31 bits per heavy atom. The molecule has 1 fully saturated rings. The molecular formula is C9H12FO2P. The number of ether oxygens (including phenoxy) is 2. The summed E-state index contributed by atoms with van der Waals surface area (Å²) in [6, 6.07) is 0.